The molecule has 0 N–H and O–H groups in total. The van der Waals surface area contributed by atoms with Crippen LogP contribution < -0.4 is 0 Å². The first kappa shape index (κ1) is 30.3. The summed E-state index contributed by atoms with van der Waals surface area (Å²) in [5.74, 6) is 0. The van der Waals surface area contributed by atoms with Crippen LogP contribution in [0.25, 0.3) is 0 Å². The van der Waals surface area contributed by atoms with Gasteiger partial charge in [-0.2, -0.15) is 0 Å². The van der Waals surface area contributed by atoms with Crippen LogP contribution in [-0.4, -0.2) is 18.4 Å². The first-order valence-electron chi connectivity index (χ1n) is 14.0. The van der Waals surface area contributed by atoms with E-state index in [9.17, 15) is 0 Å². The zero-order chi connectivity index (χ0) is 22.3. The summed E-state index contributed by atoms with van der Waals surface area (Å²) in [4.78, 5) is 0. The van der Waals surface area contributed by atoms with Gasteiger partial charge in [0.25, 0.3) is 0 Å². The topological polar surface area (TPSA) is 0 Å². The molecule has 0 saturated carbocycles. The van der Waals surface area contributed by atoms with Crippen molar-refractivity contribution in [2.75, 3.05) is 0 Å². The van der Waals surface area contributed by atoms with Gasteiger partial charge in [0.05, 0.1) is 0 Å². The minimum atomic E-state index is -2.22. The normalized spacial score (nSPS) is 12.9. The van der Waals surface area contributed by atoms with Crippen LogP contribution in [0.5, 0.6) is 0 Å². The molecule has 0 nitrogen and oxygen atoms in total. The molecule has 0 saturated heterocycles. The minimum absolute atomic E-state index is 1.21. The zero-order valence-electron chi connectivity index (χ0n) is 21.9. The predicted molar refractivity (Wildman–Crippen MR) is 144 cm³/mol. The van der Waals surface area contributed by atoms with E-state index in [2.05, 4.69) is 52.8 Å². The van der Waals surface area contributed by atoms with E-state index in [1.165, 1.54) is 109 Å². The Kier molecular flexibility index (Phi) is 22.7. The molecule has 1 heteroatoms. The van der Waals surface area contributed by atoms with Crippen LogP contribution in [0.1, 0.15) is 144 Å². The van der Waals surface area contributed by atoms with E-state index in [0.717, 1.165) is 0 Å². The quantitative estimate of drug-likeness (QED) is 0.0749. The summed E-state index contributed by atoms with van der Waals surface area (Å²) >= 11 is -2.22. The molecule has 0 aromatic rings. The van der Waals surface area contributed by atoms with E-state index < -0.39 is 18.4 Å². The third-order valence-corrected chi connectivity index (χ3v) is 23.3. The van der Waals surface area contributed by atoms with Gasteiger partial charge in [-0.25, -0.2) is 0 Å². The SMILES string of the molecule is CCCCCCC/C=C\C/C=[C](\CCCCC)[Sn]([CH2]CCC)([CH2]CCC)[CH2]CCC. The molecule has 0 fully saturated rings. The van der Waals surface area contributed by atoms with Crippen LogP contribution in [0, 0.1) is 0 Å². The van der Waals surface area contributed by atoms with E-state index in [0.29, 0.717) is 0 Å². The molecule has 0 heterocycles. The molecule has 0 unspecified atom stereocenters. The van der Waals surface area contributed by atoms with Crippen molar-refractivity contribution in [1.82, 2.24) is 0 Å². The van der Waals surface area contributed by atoms with Crippen LogP contribution in [0.3, 0.4) is 0 Å². The molecule has 0 aliphatic carbocycles. The summed E-state index contributed by atoms with van der Waals surface area (Å²) in [5.41, 5.74) is 0. The monoisotopic (exact) mass is 526 g/mol. The van der Waals surface area contributed by atoms with Crippen molar-refractivity contribution in [3.8, 4) is 0 Å². The van der Waals surface area contributed by atoms with Crippen molar-refractivity contribution >= 4 is 18.4 Å². The van der Waals surface area contributed by atoms with Gasteiger partial charge in [-0.3, -0.25) is 0 Å². The molecular formula is C29H58Sn. The predicted octanol–water partition coefficient (Wildman–Crippen LogP) is 11.2. The molecule has 0 radical (unpaired) electrons. The Morgan fingerprint density at radius 3 is 1.57 bits per heavy atom. The molecule has 0 aromatic carbocycles. The van der Waals surface area contributed by atoms with Crippen LogP contribution in [-0.2, 0) is 0 Å². The molecular weight excluding hydrogens is 467 g/mol. The van der Waals surface area contributed by atoms with Crippen molar-refractivity contribution in [2.45, 2.75) is 157 Å². The summed E-state index contributed by atoms with van der Waals surface area (Å²) in [6.07, 6.45) is 31.5. The Balaban J connectivity index is 5.18. The second kappa shape index (κ2) is 22.5. The van der Waals surface area contributed by atoms with E-state index in [4.69, 9.17) is 0 Å². The van der Waals surface area contributed by atoms with E-state index in [-0.39, 0.29) is 0 Å². The summed E-state index contributed by atoms with van der Waals surface area (Å²) < 4.78 is 6.93. The molecule has 0 aliphatic rings. The van der Waals surface area contributed by atoms with Crippen LogP contribution >= 0.6 is 0 Å². The van der Waals surface area contributed by atoms with Crippen LogP contribution in [0.15, 0.2) is 21.8 Å². The number of unbranched alkanes of at least 4 members (excludes halogenated alkanes) is 10. The number of allylic oxidation sites excluding steroid dienone is 4. The second-order valence-electron chi connectivity index (χ2n) is 9.69. The van der Waals surface area contributed by atoms with E-state index in [1.54, 1.807) is 13.3 Å². The molecule has 178 valence electrons. The number of hydrogen-bond acceptors (Lipinski definition) is 0. The Bertz CT molecular complexity index is 385. The fraction of sp³-hybridized carbons (Fsp3) is 0.862. The summed E-state index contributed by atoms with van der Waals surface area (Å²) in [7, 11) is 0. The van der Waals surface area contributed by atoms with Crippen molar-refractivity contribution in [1.29, 1.82) is 0 Å². The van der Waals surface area contributed by atoms with Gasteiger partial charge in [-0.15, -0.1) is 0 Å². The van der Waals surface area contributed by atoms with E-state index in [1.807, 2.05) is 3.59 Å². The molecule has 0 aliphatic heterocycles. The Morgan fingerprint density at radius 2 is 1.03 bits per heavy atom. The summed E-state index contributed by atoms with van der Waals surface area (Å²) in [6, 6.07) is 0. The fourth-order valence-electron chi connectivity index (χ4n) is 4.84. The fourth-order valence-corrected chi connectivity index (χ4v) is 22.1. The van der Waals surface area contributed by atoms with Crippen molar-refractivity contribution in [3.63, 3.8) is 0 Å². The summed E-state index contributed by atoms with van der Waals surface area (Å²) in [6.45, 7) is 11.9. The van der Waals surface area contributed by atoms with Crippen molar-refractivity contribution < 1.29 is 0 Å². The Morgan fingerprint density at radius 1 is 0.533 bits per heavy atom. The molecule has 0 atom stereocenters. The van der Waals surface area contributed by atoms with Gasteiger partial charge in [-0.1, -0.05) is 0 Å². The first-order valence-corrected chi connectivity index (χ1v) is 21.5. The molecule has 0 spiro atoms. The standard InChI is InChI=1S/C17H31.3C4H9.Sn/c1-3-5-7-9-11-13-15-17-16-14-12-10-8-6-4-2;3*1-3-4-2;/h14-15,17H,3-11,13,16H2,1-2H3;3*1,3-4H2,2H3;/b14-12?,17-15-;;;;. The Labute approximate surface area is 196 Å². The van der Waals surface area contributed by atoms with Crippen LogP contribution in [0.2, 0.25) is 13.3 Å². The average molecular weight is 525 g/mol. The van der Waals surface area contributed by atoms with E-state index >= 15 is 0 Å². The molecule has 0 rings (SSSR count). The molecule has 0 bridgehead atoms. The van der Waals surface area contributed by atoms with Gasteiger partial charge in [0.15, 0.2) is 0 Å². The van der Waals surface area contributed by atoms with Gasteiger partial charge in [0.2, 0.25) is 0 Å². The van der Waals surface area contributed by atoms with Gasteiger partial charge in [-0.05, 0) is 0 Å². The third kappa shape index (κ3) is 15.1. The molecule has 30 heavy (non-hydrogen) atoms. The third-order valence-electron chi connectivity index (χ3n) is 6.90. The average Bonchev–Trinajstić information content (AvgIpc) is 2.76. The molecule has 0 aromatic heterocycles. The summed E-state index contributed by atoms with van der Waals surface area (Å²) in [5, 5.41) is 0. The second-order valence-corrected chi connectivity index (χ2v) is 23.1. The number of hydrogen-bond donors (Lipinski definition) is 0. The van der Waals surface area contributed by atoms with Crippen LogP contribution in [0.4, 0.5) is 0 Å². The maximum absolute atomic E-state index is 2.76. The maximum atomic E-state index is 2.76. The van der Waals surface area contributed by atoms with Crippen molar-refractivity contribution in [3.05, 3.63) is 21.8 Å². The van der Waals surface area contributed by atoms with Crippen molar-refractivity contribution in [2.24, 2.45) is 0 Å². The zero-order valence-corrected chi connectivity index (χ0v) is 24.7. The van der Waals surface area contributed by atoms with Gasteiger partial charge >= 0.3 is 197 Å². The van der Waals surface area contributed by atoms with Gasteiger partial charge in [0.1, 0.15) is 0 Å². The number of rotatable bonds is 22. The first-order chi connectivity index (χ1) is 14.7. The molecule has 0 amide bonds. The van der Waals surface area contributed by atoms with Gasteiger partial charge in [0, 0.05) is 0 Å². The Hall–Kier alpha value is 0.279. The van der Waals surface area contributed by atoms with Gasteiger partial charge < -0.3 is 0 Å².